The van der Waals surface area contributed by atoms with Gasteiger partial charge in [0.25, 0.3) is 0 Å². The number of rotatable bonds is 34. The standard InChI is InChI=1S/C50H86O4/c1-9-15-21-27-33-39-45(49(7,41-35-29-23-17-11-3)42-36-30-24-18-12-4)53-47(51)48(52)54-46(40-34-28-22-16-10-2)50(8,43-37-31-25-19-13-5)44-38-32-26-20-14-6/h9-20,45-46H,21-44H2,1-8H3. The van der Waals surface area contributed by atoms with Crippen LogP contribution in [0.5, 0.6) is 0 Å². The zero-order valence-corrected chi connectivity index (χ0v) is 36.7. The fourth-order valence-corrected chi connectivity index (χ4v) is 7.70. The van der Waals surface area contributed by atoms with E-state index in [1.54, 1.807) is 0 Å². The Hall–Kier alpha value is -2.62. The summed E-state index contributed by atoms with van der Waals surface area (Å²) in [4.78, 5) is 27.9. The van der Waals surface area contributed by atoms with Gasteiger partial charge in [0.05, 0.1) is 0 Å². The average Bonchev–Trinajstić information content (AvgIpc) is 3.16. The molecule has 0 aromatic rings. The second-order valence-electron chi connectivity index (χ2n) is 16.1. The molecule has 0 amide bonds. The van der Waals surface area contributed by atoms with Crippen LogP contribution in [0.1, 0.15) is 209 Å². The van der Waals surface area contributed by atoms with Gasteiger partial charge in [0.2, 0.25) is 0 Å². The normalized spacial score (nSPS) is 15.9. The molecule has 0 aliphatic carbocycles. The largest absolute Gasteiger partial charge is 0.453 e. The van der Waals surface area contributed by atoms with Crippen molar-refractivity contribution in [2.24, 2.45) is 10.8 Å². The van der Waals surface area contributed by atoms with E-state index >= 15 is 0 Å². The second-order valence-corrected chi connectivity index (χ2v) is 16.1. The van der Waals surface area contributed by atoms with E-state index in [9.17, 15) is 9.59 Å². The number of hydrogen-bond acceptors (Lipinski definition) is 4. The first kappa shape index (κ1) is 51.4. The van der Waals surface area contributed by atoms with Crippen LogP contribution < -0.4 is 0 Å². The van der Waals surface area contributed by atoms with Gasteiger partial charge in [-0.1, -0.05) is 112 Å². The highest BCUT2D eigenvalue weighted by Gasteiger charge is 2.40. The number of hydrogen-bond donors (Lipinski definition) is 0. The Morgan fingerprint density at radius 3 is 0.833 bits per heavy atom. The molecule has 0 radical (unpaired) electrons. The monoisotopic (exact) mass is 751 g/mol. The minimum absolute atomic E-state index is 0.205. The molecule has 2 unspecified atom stereocenters. The molecule has 0 saturated heterocycles. The Morgan fingerprint density at radius 2 is 0.611 bits per heavy atom. The fraction of sp³-hybridized carbons (Fsp3) is 0.720. The Bertz CT molecular complexity index is 964. The molecule has 4 nitrogen and oxygen atoms in total. The topological polar surface area (TPSA) is 52.6 Å². The van der Waals surface area contributed by atoms with Crippen LogP contribution in [0.4, 0.5) is 0 Å². The molecule has 0 fully saturated rings. The van der Waals surface area contributed by atoms with Crippen LogP contribution in [0.25, 0.3) is 0 Å². The SMILES string of the molecule is CC=CCCCCC(OC(=O)C(=O)OC(CCCCC=CC)C(C)(CCCCC=CC)CCCCC=CC)C(C)(CCCCC=CC)CCCCC=CC. The predicted octanol–water partition coefficient (Wildman–Crippen LogP) is 15.6. The van der Waals surface area contributed by atoms with E-state index in [-0.39, 0.29) is 23.0 Å². The number of carbonyl (C=O) groups is 2. The van der Waals surface area contributed by atoms with Crippen LogP contribution in [0.15, 0.2) is 72.9 Å². The lowest BCUT2D eigenvalue weighted by Crippen LogP contribution is -2.42. The Kier molecular flexibility index (Phi) is 33.1. The lowest BCUT2D eigenvalue weighted by Gasteiger charge is -2.39. The van der Waals surface area contributed by atoms with Crippen LogP contribution in [-0.4, -0.2) is 24.1 Å². The molecule has 0 aliphatic rings. The molecule has 0 bridgehead atoms. The maximum absolute atomic E-state index is 14.0. The summed E-state index contributed by atoms with van der Waals surface area (Å²) in [6.07, 6.45) is 49.8. The third-order valence-electron chi connectivity index (χ3n) is 11.3. The molecule has 0 aromatic heterocycles. The molecule has 0 aliphatic heterocycles. The van der Waals surface area contributed by atoms with Crippen LogP contribution in [0, 0.1) is 10.8 Å². The summed E-state index contributed by atoms with van der Waals surface area (Å²) in [7, 11) is 0. The molecule has 0 spiro atoms. The highest BCUT2D eigenvalue weighted by molar-refractivity contribution is 6.29. The van der Waals surface area contributed by atoms with Gasteiger partial charge in [-0.2, -0.15) is 0 Å². The van der Waals surface area contributed by atoms with Gasteiger partial charge in [-0.25, -0.2) is 9.59 Å². The van der Waals surface area contributed by atoms with Gasteiger partial charge in [-0.05, 0) is 170 Å². The molecule has 0 rings (SSSR count). The quantitative estimate of drug-likeness (QED) is 0.0284. The maximum atomic E-state index is 14.0. The summed E-state index contributed by atoms with van der Waals surface area (Å²) in [6.45, 7) is 17.0. The van der Waals surface area contributed by atoms with E-state index in [0.29, 0.717) is 0 Å². The molecule has 0 saturated carbocycles. The van der Waals surface area contributed by atoms with Crippen molar-refractivity contribution in [3.8, 4) is 0 Å². The van der Waals surface area contributed by atoms with Crippen LogP contribution in [0.2, 0.25) is 0 Å². The van der Waals surface area contributed by atoms with Crippen molar-refractivity contribution in [1.82, 2.24) is 0 Å². The predicted molar refractivity (Wildman–Crippen MR) is 236 cm³/mol. The van der Waals surface area contributed by atoms with Crippen molar-refractivity contribution in [2.45, 2.75) is 222 Å². The number of carbonyl (C=O) groups excluding carboxylic acids is 2. The van der Waals surface area contributed by atoms with Gasteiger partial charge in [0.1, 0.15) is 12.2 Å². The molecule has 0 aromatic carbocycles. The van der Waals surface area contributed by atoms with Crippen molar-refractivity contribution in [3.63, 3.8) is 0 Å². The van der Waals surface area contributed by atoms with Crippen molar-refractivity contribution in [3.05, 3.63) is 72.9 Å². The van der Waals surface area contributed by atoms with Gasteiger partial charge in [-0.15, -0.1) is 0 Å². The Morgan fingerprint density at radius 1 is 0.389 bits per heavy atom. The van der Waals surface area contributed by atoms with E-state index in [1.807, 2.05) is 0 Å². The molecule has 0 N–H and O–H groups in total. The zero-order valence-electron chi connectivity index (χ0n) is 36.7. The zero-order chi connectivity index (χ0) is 40.2. The van der Waals surface area contributed by atoms with Gasteiger partial charge >= 0.3 is 11.9 Å². The van der Waals surface area contributed by atoms with Crippen LogP contribution in [0.3, 0.4) is 0 Å². The van der Waals surface area contributed by atoms with E-state index in [1.165, 1.54) is 0 Å². The first-order valence-corrected chi connectivity index (χ1v) is 22.3. The van der Waals surface area contributed by atoms with Crippen LogP contribution >= 0.6 is 0 Å². The number of esters is 2. The van der Waals surface area contributed by atoms with Gasteiger partial charge < -0.3 is 9.47 Å². The van der Waals surface area contributed by atoms with Gasteiger partial charge in [0, 0.05) is 10.8 Å². The number of ether oxygens (including phenoxy) is 2. The Labute approximate surface area is 335 Å². The van der Waals surface area contributed by atoms with Crippen molar-refractivity contribution in [1.29, 1.82) is 0 Å². The van der Waals surface area contributed by atoms with E-state index < -0.39 is 11.9 Å². The average molecular weight is 751 g/mol. The summed E-state index contributed by atoms with van der Waals surface area (Å²) in [6, 6.07) is 0. The lowest BCUT2D eigenvalue weighted by molar-refractivity contribution is -0.183. The minimum Gasteiger partial charge on any atom is -0.453 e. The van der Waals surface area contributed by atoms with E-state index in [4.69, 9.17) is 9.47 Å². The van der Waals surface area contributed by atoms with Crippen molar-refractivity contribution >= 4 is 11.9 Å². The first-order valence-electron chi connectivity index (χ1n) is 22.3. The summed E-state index contributed by atoms with van der Waals surface area (Å²) in [5.41, 5.74) is -0.411. The molecule has 2 atom stereocenters. The summed E-state index contributed by atoms with van der Waals surface area (Å²) in [5, 5.41) is 0. The number of unbranched alkanes of at least 4 members (excludes halogenated alkanes) is 12. The first-order chi connectivity index (χ1) is 26.2. The van der Waals surface area contributed by atoms with E-state index in [2.05, 4.69) is 128 Å². The van der Waals surface area contributed by atoms with Crippen LogP contribution in [-0.2, 0) is 19.1 Å². The highest BCUT2D eigenvalue weighted by Crippen LogP contribution is 2.41. The molecule has 4 heteroatoms. The lowest BCUT2D eigenvalue weighted by atomic mass is 9.73. The maximum Gasteiger partial charge on any atom is 0.417 e. The molecular weight excluding hydrogens is 665 g/mol. The third-order valence-corrected chi connectivity index (χ3v) is 11.3. The summed E-state index contributed by atoms with van der Waals surface area (Å²) < 4.78 is 12.8. The summed E-state index contributed by atoms with van der Waals surface area (Å²) >= 11 is 0. The molecule has 54 heavy (non-hydrogen) atoms. The smallest absolute Gasteiger partial charge is 0.417 e. The Balaban J connectivity index is 6.37. The van der Waals surface area contributed by atoms with Crippen molar-refractivity contribution < 1.29 is 19.1 Å². The number of allylic oxidation sites excluding steroid dienone is 12. The minimum atomic E-state index is -0.801. The third kappa shape index (κ3) is 25.5. The van der Waals surface area contributed by atoms with E-state index in [0.717, 1.165) is 154 Å². The van der Waals surface area contributed by atoms with Crippen molar-refractivity contribution in [2.75, 3.05) is 0 Å². The van der Waals surface area contributed by atoms with Gasteiger partial charge in [0.15, 0.2) is 0 Å². The molecule has 0 heterocycles. The second kappa shape index (κ2) is 34.8. The molecule has 310 valence electrons. The highest BCUT2D eigenvalue weighted by atomic mass is 16.6. The van der Waals surface area contributed by atoms with Gasteiger partial charge in [-0.3, -0.25) is 0 Å². The fourth-order valence-electron chi connectivity index (χ4n) is 7.70. The molecular formula is C50H86O4. The summed E-state index contributed by atoms with van der Waals surface area (Å²) in [5.74, 6) is -1.60.